The van der Waals surface area contributed by atoms with Crippen molar-refractivity contribution in [1.29, 1.82) is 0 Å². The van der Waals surface area contributed by atoms with Gasteiger partial charge >= 0.3 is 0 Å². The van der Waals surface area contributed by atoms with Crippen LogP contribution >= 0.6 is 18.5 Å². The van der Waals surface area contributed by atoms with Crippen molar-refractivity contribution in [2.75, 3.05) is 6.16 Å². The van der Waals surface area contributed by atoms with E-state index in [2.05, 4.69) is 200 Å². The summed E-state index contributed by atoms with van der Waals surface area (Å²) >= 11 is 0. The molecule has 42 heavy (non-hydrogen) atoms. The Kier molecular flexibility index (Phi) is 8.22. The van der Waals surface area contributed by atoms with E-state index in [-0.39, 0.29) is 0 Å². The molecular formula is C40H36P2. The van der Waals surface area contributed by atoms with Crippen LogP contribution in [0.5, 0.6) is 0 Å². The van der Waals surface area contributed by atoms with Gasteiger partial charge in [0.05, 0.1) is 5.41 Å². The molecule has 0 bridgehead atoms. The summed E-state index contributed by atoms with van der Waals surface area (Å²) in [7, 11) is 6.63. The zero-order valence-electron chi connectivity index (χ0n) is 23.7. The normalized spacial score (nSPS) is 12.1. The van der Waals surface area contributed by atoms with Gasteiger partial charge in [-0.2, -0.15) is 0 Å². The lowest BCUT2D eigenvalue weighted by molar-refractivity contribution is 0.278. The van der Waals surface area contributed by atoms with Crippen LogP contribution in [0.15, 0.2) is 182 Å². The van der Waals surface area contributed by atoms with Gasteiger partial charge in [-0.3, -0.25) is 0 Å². The summed E-state index contributed by atoms with van der Waals surface area (Å²) in [6, 6.07) is 66.7. The lowest BCUT2D eigenvalue weighted by Crippen LogP contribution is -2.62. The fourth-order valence-corrected chi connectivity index (χ4v) is 9.01. The monoisotopic (exact) mass is 578 g/mol. The Morgan fingerprint density at radius 1 is 0.333 bits per heavy atom. The quantitative estimate of drug-likeness (QED) is 0.150. The van der Waals surface area contributed by atoms with Gasteiger partial charge in [-0.1, -0.05) is 182 Å². The fraction of sp³-hybridized carbons (Fsp3) is 0.100. The van der Waals surface area contributed by atoms with Gasteiger partial charge in [0.1, 0.15) is 0 Å². The summed E-state index contributed by atoms with van der Waals surface area (Å²) in [4.78, 5) is 0. The highest BCUT2D eigenvalue weighted by molar-refractivity contribution is 7.19. The molecule has 0 aliphatic carbocycles. The van der Waals surface area contributed by atoms with E-state index in [0.717, 1.165) is 6.16 Å². The van der Waals surface area contributed by atoms with Crippen LogP contribution in [0.2, 0.25) is 0 Å². The highest BCUT2D eigenvalue weighted by Crippen LogP contribution is 2.67. The Morgan fingerprint density at radius 2 is 0.571 bits per heavy atom. The van der Waals surface area contributed by atoms with Crippen molar-refractivity contribution in [1.82, 2.24) is 0 Å². The van der Waals surface area contributed by atoms with Crippen LogP contribution < -0.4 is 0 Å². The minimum Gasteiger partial charge on any atom is -0.136 e. The Morgan fingerprint density at radius 3 is 0.833 bits per heavy atom. The van der Waals surface area contributed by atoms with E-state index in [1.165, 1.54) is 33.4 Å². The topological polar surface area (TPSA) is 0 Å². The third-order valence-electron chi connectivity index (χ3n) is 8.94. The molecule has 6 aromatic rings. The van der Waals surface area contributed by atoms with Gasteiger partial charge in [-0.15, -0.1) is 18.5 Å². The predicted molar refractivity (Wildman–Crippen MR) is 185 cm³/mol. The molecule has 2 atom stereocenters. The van der Waals surface area contributed by atoms with Gasteiger partial charge in [0.15, 0.2) is 0 Å². The van der Waals surface area contributed by atoms with Gasteiger partial charge in [-0.05, 0) is 39.5 Å². The van der Waals surface area contributed by atoms with Crippen molar-refractivity contribution in [2.45, 2.75) is 16.0 Å². The average Bonchev–Trinajstić information content (AvgIpc) is 3.09. The molecule has 6 rings (SSSR count). The molecule has 0 heterocycles. The molecule has 2 unspecified atom stereocenters. The molecule has 206 valence electrons. The lowest BCUT2D eigenvalue weighted by atomic mass is 9.45. The van der Waals surface area contributed by atoms with Crippen LogP contribution in [0.1, 0.15) is 33.4 Å². The third kappa shape index (κ3) is 4.37. The molecule has 0 saturated heterocycles. The van der Waals surface area contributed by atoms with Crippen LogP contribution in [0.25, 0.3) is 0 Å². The predicted octanol–water partition coefficient (Wildman–Crippen LogP) is 9.65. The molecular weight excluding hydrogens is 542 g/mol. The van der Waals surface area contributed by atoms with Gasteiger partial charge in [0, 0.05) is 10.6 Å². The largest absolute Gasteiger partial charge is 0.136 e. The Hall–Kier alpha value is -3.82. The van der Waals surface area contributed by atoms with E-state index in [1.807, 2.05) is 0 Å². The second-order valence-electron chi connectivity index (χ2n) is 10.9. The first-order valence-electron chi connectivity index (χ1n) is 14.5. The number of rotatable bonds is 9. The third-order valence-corrected chi connectivity index (χ3v) is 10.7. The van der Waals surface area contributed by atoms with E-state index in [0.29, 0.717) is 0 Å². The molecule has 0 aromatic heterocycles. The van der Waals surface area contributed by atoms with Crippen LogP contribution in [0.3, 0.4) is 0 Å². The van der Waals surface area contributed by atoms with E-state index in [4.69, 9.17) is 0 Å². The first-order valence-corrected chi connectivity index (χ1v) is 15.9. The van der Waals surface area contributed by atoms with Crippen molar-refractivity contribution in [3.8, 4) is 0 Å². The summed E-state index contributed by atoms with van der Waals surface area (Å²) in [5, 5.41) is -0.597. The summed E-state index contributed by atoms with van der Waals surface area (Å²) in [6.45, 7) is 0. The molecule has 0 nitrogen and oxygen atoms in total. The SMILES string of the molecule is PCC(c1ccccc1)(c1ccccc1)C(c1ccccc1)(c1ccccc1)C(P)(c1ccccc1)c1ccccc1. The molecule has 0 aliphatic rings. The van der Waals surface area contributed by atoms with Gasteiger partial charge in [0.25, 0.3) is 0 Å². The minimum absolute atomic E-state index is 0.518. The molecule has 2 heteroatoms. The van der Waals surface area contributed by atoms with Crippen LogP contribution in [-0.2, 0) is 16.0 Å². The van der Waals surface area contributed by atoms with Crippen LogP contribution in [0, 0.1) is 0 Å². The second kappa shape index (κ2) is 12.2. The van der Waals surface area contributed by atoms with Gasteiger partial charge in [0.2, 0.25) is 0 Å². The maximum atomic E-state index is 3.44. The zero-order valence-corrected chi connectivity index (χ0v) is 26.0. The first-order chi connectivity index (χ1) is 20.7. The number of hydrogen-bond donors (Lipinski definition) is 0. The van der Waals surface area contributed by atoms with Crippen LogP contribution in [-0.4, -0.2) is 6.16 Å². The Labute approximate surface area is 255 Å². The first kappa shape index (κ1) is 28.3. The van der Waals surface area contributed by atoms with Crippen molar-refractivity contribution >= 4 is 18.5 Å². The van der Waals surface area contributed by atoms with Gasteiger partial charge < -0.3 is 0 Å². The molecule has 0 saturated carbocycles. The number of benzene rings is 6. The summed E-state index contributed by atoms with van der Waals surface area (Å²) in [5.74, 6) is 0. The second-order valence-corrected chi connectivity index (χ2v) is 12.1. The van der Waals surface area contributed by atoms with Gasteiger partial charge in [-0.25, -0.2) is 0 Å². The summed E-state index contributed by atoms with van der Waals surface area (Å²) in [5.41, 5.74) is 6.39. The van der Waals surface area contributed by atoms with Crippen molar-refractivity contribution in [2.24, 2.45) is 0 Å². The maximum absolute atomic E-state index is 3.44. The molecule has 6 aromatic carbocycles. The fourth-order valence-electron chi connectivity index (χ4n) is 7.26. The van der Waals surface area contributed by atoms with Crippen molar-refractivity contribution in [3.05, 3.63) is 215 Å². The van der Waals surface area contributed by atoms with E-state index >= 15 is 0 Å². The molecule has 0 radical (unpaired) electrons. The summed E-state index contributed by atoms with van der Waals surface area (Å²) in [6.07, 6.45) is 0.792. The molecule has 0 amide bonds. The summed E-state index contributed by atoms with van der Waals surface area (Å²) < 4.78 is 0. The average molecular weight is 579 g/mol. The van der Waals surface area contributed by atoms with Crippen LogP contribution in [0.4, 0.5) is 0 Å². The minimum atomic E-state index is -0.639. The van der Waals surface area contributed by atoms with E-state index in [9.17, 15) is 0 Å². The zero-order chi connectivity index (χ0) is 28.9. The highest BCUT2D eigenvalue weighted by Gasteiger charge is 2.64. The molecule has 0 N–H and O–H groups in total. The maximum Gasteiger partial charge on any atom is 0.0514 e. The molecule has 0 fully saturated rings. The number of hydrogen-bond acceptors (Lipinski definition) is 0. The van der Waals surface area contributed by atoms with Crippen molar-refractivity contribution in [3.63, 3.8) is 0 Å². The Balaban J connectivity index is 1.94. The smallest absolute Gasteiger partial charge is 0.0514 e. The highest BCUT2D eigenvalue weighted by atomic mass is 31.0. The lowest BCUT2D eigenvalue weighted by Gasteiger charge is -2.61. The van der Waals surface area contributed by atoms with E-state index < -0.39 is 16.0 Å². The molecule has 0 spiro atoms. The Bertz CT molecular complexity index is 1570. The molecule has 0 aliphatic heterocycles. The standard InChI is InChI=1S/C40H36P2/c41-31-38(32-19-7-1-8-20-32,33-21-9-2-10-22-33)39(34-23-11-3-12-24-34,35-25-13-4-14-26-35)40(42,36-27-15-5-16-28-36)37-29-17-6-18-30-37/h1-30H,31,41-42H2. The van der Waals surface area contributed by atoms with E-state index in [1.54, 1.807) is 0 Å². The van der Waals surface area contributed by atoms with Crippen molar-refractivity contribution < 1.29 is 0 Å².